The third-order valence-corrected chi connectivity index (χ3v) is 7.44. The van der Waals surface area contributed by atoms with E-state index in [4.69, 9.17) is 0 Å². The van der Waals surface area contributed by atoms with Crippen molar-refractivity contribution >= 4 is 27.0 Å². The van der Waals surface area contributed by atoms with Crippen LogP contribution in [0.4, 0.5) is 19.1 Å². The molecule has 0 atom stereocenters. The molecule has 0 bridgehead atoms. The highest BCUT2D eigenvalue weighted by Gasteiger charge is 2.32. The van der Waals surface area contributed by atoms with Crippen molar-refractivity contribution in [2.24, 2.45) is 0 Å². The molecule has 0 N–H and O–H groups in total. The standard InChI is InChI=1S/C24H20F3N3O3S/c25-24(26,27)33-19-13-11-17(12-14-19)16-30(34(31,32)20-8-2-1-3-9-20)23-28-21-10-4-6-18-7-5-15-29(23)22(18)21/h1-4,6,8-14H,5,7,15-16H2. The average Bonchev–Trinajstić information content (AvgIpc) is 3.18. The number of anilines is 1. The molecule has 3 aromatic carbocycles. The zero-order chi connectivity index (χ0) is 23.9. The minimum atomic E-state index is -4.81. The number of benzene rings is 3. The predicted octanol–water partition coefficient (Wildman–Crippen LogP) is 5.28. The van der Waals surface area contributed by atoms with Gasteiger partial charge in [-0.1, -0.05) is 42.5 Å². The van der Waals surface area contributed by atoms with E-state index in [1.165, 1.54) is 40.7 Å². The van der Waals surface area contributed by atoms with Crippen LogP contribution in [-0.2, 0) is 29.5 Å². The maximum Gasteiger partial charge on any atom is 0.573 e. The molecule has 1 aliphatic heterocycles. The molecular weight excluding hydrogens is 467 g/mol. The van der Waals surface area contributed by atoms with Crippen molar-refractivity contribution in [1.29, 1.82) is 0 Å². The molecule has 0 aliphatic carbocycles. The van der Waals surface area contributed by atoms with Crippen molar-refractivity contribution in [3.63, 3.8) is 0 Å². The van der Waals surface area contributed by atoms with E-state index in [0.717, 1.165) is 23.9 Å². The van der Waals surface area contributed by atoms with E-state index in [0.29, 0.717) is 17.6 Å². The SMILES string of the molecule is O=S(=O)(c1ccccc1)N(Cc1ccc(OC(F)(F)F)cc1)c1nc2cccc3c2n1CCC3. The molecule has 2 heterocycles. The van der Waals surface area contributed by atoms with E-state index in [1.807, 2.05) is 22.8 Å². The fourth-order valence-electron chi connectivity index (χ4n) is 4.22. The maximum atomic E-state index is 13.7. The number of nitrogens with zero attached hydrogens (tertiary/aromatic N) is 3. The number of imidazole rings is 1. The highest BCUT2D eigenvalue weighted by atomic mass is 32.2. The molecule has 0 unspecified atom stereocenters. The van der Waals surface area contributed by atoms with Crippen molar-refractivity contribution in [2.45, 2.75) is 37.2 Å². The second kappa shape index (κ2) is 8.35. The first-order valence-electron chi connectivity index (χ1n) is 10.6. The fourth-order valence-corrected chi connectivity index (χ4v) is 5.65. The lowest BCUT2D eigenvalue weighted by molar-refractivity contribution is -0.274. The van der Waals surface area contributed by atoms with E-state index >= 15 is 0 Å². The Labute approximate surface area is 194 Å². The minimum absolute atomic E-state index is 0.0999. The normalized spacial score (nSPS) is 13.7. The Bertz CT molecular complexity index is 1430. The third kappa shape index (κ3) is 4.21. The highest BCUT2D eigenvalue weighted by molar-refractivity contribution is 7.92. The van der Waals surface area contributed by atoms with Crippen LogP contribution in [0.15, 0.2) is 77.7 Å². The molecule has 10 heteroatoms. The number of para-hydroxylation sites is 1. The van der Waals surface area contributed by atoms with Crippen LogP contribution in [-0.4, -0.2) is 24.3 Å². The van der Waals surface area contributed by atoms with Gasteiger partial charge in [-0.15, -0.1) is 13.2 Å². The number of aryl methyl sites for hydroxylation is 2. The van der Waals surface area contributed by atoms with E-state index in [1.54, 1.807) is 18.2 Å². The van der Waals surface area contributed by atoms with Crippen LogP contribution in [0.2, 0.25) is 0 Å². The lowest BCUT2D eigenvalue weighted by Gasteiger charge is -2.26. The van der Waals surface area contributed by atoms with Gasteiger partial charge in [0.05, 0.1) is 22.5 Å². The van der Waals surface area contributed by atoms with Crippen LogP contribution in [0.25, 0.3) is 11.0 Å². The lowest BCUT2D eigenvalue weighted by atomic mass is 10.1. The van der Waals surface area contributed by atoms with Crippen molar-refractivity contribution in [1.82, 2.24) is 9.55 Å². The second-order valence-electron chi connectivity index (χ2n) is 7.97. The van der Waals surface area contributed by atoms with Gasteiger partial charge in [-0.25, -0.2) is 17.7 Å². The molecule has 1 aromatic heterocycles. The molecule has 176 valence electrons. The molecule has 0 spiro atoms. The monoisotopic (exact) mass is 487 g/mol. The molecule has 0 saturated carbocycles. The smallest absolute Gasteiger partial charge is 0.406 e. The lowest BCUT2D eigenvalue weighted by Crippen LogP contribution is -2.33. The Morgan fingerprint density at radius 1 is 0.971 bits per heavy atom. The Hall–Kier alpha value is -3.53. The van der Waals surface area contributed by atoms with Gasteiger partial charge >= 0.3 is 6.36 Å². The Balaban J connectivity index is 1.60. The summed E-state index contributed by atoms with van der Waals surface area (Å²) < 4.78 is 72.1. The summed E-state index contributed by atoms with van der Waals surface area (Å²) in [6.07, 6.45) is -3.08. The summed E-state index contributed by atoms with van der Waals surface area (Å²) in [5.41, 5.74) is 3.21. The van der Waals surface area contributed by atoms with Crippen LogP contribution in [0.3, 0.4) is 0 Å². The Kier molecular flexibility index (Phi) is 5.47. The summed E-state index contributed by atoms with van der Waals surface area (Å²) in [5, 5.41) is 0. The van der Waals surface area contributed by atoms with Gasteiger partial charge in [0.15, 0.2) is 0 Å². The fraction of sp³-hybridized carbons (Fsp3) is 0.208. The highest BCUT2D eigenvalue weighted by Crippen LogP contribution is 2.34. The second-order valence-corrected chi connectivity index (χ2v) is 9.83. The quantitative estimate of drug-likeness (QED) is 0.371. The maximum absolute atomic E-state index is 13.7. The van der Waals surface area contributed by atoms with Crippen molar-refractivity contribution in [3.8, 4) is 5.75 Å². The van der Waals surface area contributed by atoms with Crippen molar-refractivity contribution < 1.29 is 26.3 Å². The molecule has 0 amide bonds. The van der Waals surface area contributed by atoms with E-state index in [9.17, 15) is 21.6 Å². The number of alkyl halides is 3. The molecular formula is C24H20F3N3O3S. The van der Waals surface area contributed by atoms with E-state index < -0.39 is 16.4 Å². The summed E-state index contributed by atoms with van der Waals surface area (Å²) in [5.74, 6) is -0.0957. The van der Waals surface area contributed by atoms with Gasteiger partial charge in [-0.3, -0.25) is 0 Å². The number of rotatable bonds is 6. The van der Waals surface area contributed by atoms with Gasteiger partial charge in [-0.2, -0.15) is 0 Å². The largest absolute Gasteiger partial charge is 0.573 e. The number of sulfonamides is 1. The number of hydrogen-bond acceptors (Lipinski definition) is 4. The first-order valence-corrected chi connectivity index (χ1v) is 12.1. The molecule has 0 fully saturated rings. The van der Waals surface area contributed by atoms with Gasteiger partial charge in [-0.05, 0) is 54.3 Å². The summed E-state index contributed by atoms with van der Waals surface area (Å²) in [7, 11) is -4.02. The van der Waals surface area contributed by atoms with Gasteiger partial charge < -0.3 is 9.30 Å². The zero-order valence-electron chi connectivity index (χ0n) is 17.9. The molecule has 1 aliphatic rings. The number of halogens is 3. The summed E-state index contributed by atoms with van der Waals surface area (Å²) >= 11 is 0. The molecule has 6 nitrogen and oxygen atoms in total. The Morgan fingerprint density at radius 3 is 2.41 bits per heavy atom. The molecule has 0 radical (unpaired) electrons. The van der Waals surface area contributed by atoms with Crippen LogP contribution >= 0.6 is 0 Å². The van der Waals surface area contributed by atoms with Gasteiger partial charge in [0.1, 0.15) is 5.75 Å². The van der Waals surface area contributed by atoms with Crippen molar-refractivity contribution in [3.05, 3.63) is 83.9 Å². The minimum Gasteiger partial charge on any atom is -0.406 e. The predicted molar refractivity (Wildman–Crippen MR) is 121 cm³/mol. The van der Waals surface area contributed by atoms with E-state index in [-0.39, 0.29) is 23.1 Å². The number of ether oxygens (including phenoxy) is 1. The van der Waals surface area contributed by atoms with E-state index in [2.05, 4.69) is 9.72 Å². The summed E-state index contributed by atoms with van der Waals surface area (Å²) in [4.78, 5) is 4.77. The van der Waals surface area contributed by atoms with Crippen LogP contribution in [0.5, 0.6) is 5.75 Å². The van der Waals surface area contributed by atoms with Crippen LogP contribution < -0.4 is 9.04 Å². The first kappa shape index (κ1) is 22.3. The summed E-state index contributed by atoms with van der Waals surface area (Å²) in [6.45, 7) is 0.504. The average molecular weight is 488 g/mol. The molecule has 4 aromatic rings. The van der Waals surface area contributed by atoms with Crippen molar-refractivity contribution in [2.75, 3.05) is 4.31 Å². The third-order valence-electron chi connectivity index (χ3n) is 5.70. The van der Waals surface area contributed by atoms with Gasteiger partial charge in [0, 0.05) is 6.54 Å². The van der Waals surface area contributed by atoms with Gasteiger partial charge in [0.2, 0.25) is 5.95 Å². The molecule has 34 heavy (non-hydrogen) atoms. The zero-order valence-corrected chi connectivity index (χ0v) is 18.7. The molecule has 5 rings (SSSR count). The Morgan fingerprint density at radius 2 is 1.71 bits per heavy atom. The van der Waals surface area contributed by atoms with Gasteiger partial charge in [0.25, 0.3) is 10.0 Å². The topological polar surface area (TPSA) is 64.4 Å². The number of hydrogen-bond donors (Lipinski definition) is 0. The molecule has 0 saturated heterocycles. The first-order chi connectivity index (χ1) is 16.2. The van der Waals surface area contributed by atoms with Crippen LogP contribution in [0, 0.1) is 0 Å². The number of aromatic nitrogens is 2. The summed E-state index contributed by atoms with van der Waals surface area (Å²) in [6, 6.07) is 18.9. The van der Waals surface area contributed by atoms with Crippen LogP contribution in [0.1, 0.15) is 17.5 Å².